The standard InChI is InChI=1S/C15H15N5O/c1-11-7-16-15(17-8-11)21-10-13-9-20(19-18-13)14-6-4-3-5-12(14)2/h3-9H,10H2,1-2H3. The Morgan fingerprint density at radius 1 is 1.10 bits per heavy atom. The first kappa shape index (κ1) is 13.2. The van der Waals surface area contributed by atoms with E-state index in [0.717, 1.165) is 22.5 Å². The van der Waals surface area contributed by atoms with Crippen LogP contribution in [0, 0.1) is 13.8 Å². The monoisotopic (exact) mass is 281 g/mol. The maximum Gasteiger partial charge on any atom is 0.316 e. The first-order valence-electron chi connectivity index (χ1n) is 6.61. The molecule has 2 heterocycles. The fourth-order valence-corrected chi connectivity index (χ4v) is 1.90. The van der Waals surface area contributed by atoms with Crippen molar-refractivity contribution in [3.63, 3.8) is 0 Å². The first-order chi connectivity index (χ1) is 10.2. The Labute approximate surface area is 122 Å². The Morgan fingerprint density at radius 2 is 1.86 bits per heavy atom. The molecular weight excluding hydrogens is 266 g/mol. The van der Waals surface area contributed by atoms with Crippen molar-refractivity contribution in [1.29, 1.82) is 0 Å². The van der Waals surface area contributed by atoms with Gasteiger partial charge < -0.3 is 4.74 Å². The Morgan fingerprint density at radius 3 is 2.62 bits per heavy atom. The van der Waals surface area contributed by atoms with Gasteiger partial charge in [-0.2, -0.15) is 0 Å². The van der Waals surface area contributed by atoms with Gasteiger partial charge in [0.05, 0.1) is 11.9 Å². The maximum absolute atomic E-state index is 5.49. The number of rotatable bonds is 4. The smallest absolute Gasteiger partial charge is 0.316 e. The lowest BCUT2D eigenvalue weighted by atomic mass is 10.2. The molecule has 0 saturated carbocycles. The summed E-state index contributed by atoms with van der Waals surface area (Å²) in [6.07, 6.45) is 5.27. The van der Waals surface area contributed by atoms with Crippen molar-refractivity contribution in [2.24, 2.45) is 0 Å². The zero-order valence-electron chi connectivity index (χ0n) is 11.9. The summed E-state index contributed by atoms with van der Waals surface area (Å²) in [5, 5.41) is 8.22. The van der Waals surface area contributed by atoms with E-state index in [2.05, 4.69) is 20.3 Å². The Kier molecular flexibility index (Phi) is 3.59. The lowest BCUT2D eigenvalue weighted by molar-refractivity contribution is 0.276. The van der Waals surface area contributed by atoms with E-state index in [9.17, 15) is 0 Å². The van der Waals surface area contributed by atoms with E-state index < -0.39 is 0 Å². The number of para-hydroxylation sites is 1. The van der Waals surface area contributed by atoms with E-state index in [0.29, 0.717) is 6.01 Å². The number of aryl methyl sites for hydroxylation is 2. The van der Waals surface area contributed by atoms with E-state index >= 15 is 0 Å². The zero-order valence-corrected chi connectivity index (χ0v) is 11.9. The summed E-state index contributed by atoms with van der Waals surface area (Å²) in [7, 11) is 0. The molecular formula is C15H15N5O. The van der Waals surface area contributed by atoms with Gasteiger partial charge in [0.1, 0.15) is 12.3 Å². The van der Waals surface area contributed by atoms with Crippen LogP contribution in [0.25, 0.3) is 5.69 Å². The molecule has 0 fully saturated rings. The molecule has 0 N–H and O–H groups in total. The molecule has 0 saturated heterocycles. The summed E-state index contributed by atoms with van der Waals surface area (Å²) in [5.41, 5.74) is 3.86. The highest BCUT2D eigenvalue weighted by molar-refractivity contribution is 5.38. The van der Waals surface area contributed by atoms with Crippen LogP contribution in [-0.4, -0.2) is 25.0 Å². The highest BCUT2D eigenvalue weighted by Crippen LogP contribution is 2.12. The van der Waals surface area contributed by atoms with E-state index in [-0.39, 0.29) is 6.61 Å². The summed E-state index contributed by atoms with van der Waals surface area (Å²) in [4.78, 5) is 8.17. The second-order valence-corrected chi connectivity index (χ2v) is 4.77. The predicted molar refractivity (Wildman–Crippen MR) is 77.2 cm³/mol. The minimum Gasteiger partial charge on any atom is -0.457 e. The van der Waals surface area contributed by atoms with Crippen LogP contribution in [0.2, 0.25) is 0 Å². The summed E-state index contributed by atoms with van der Waals surface area (Å²) < 4.78 is 7.23. The van der Waals surface area contributed by atoms with Crippen LogP contribution >= 0.6 is 0 Å². The van der Waals surface area contributed by atoms with Gasteiger partial charge in [0.25, 0.3) is 0 Å². The molecule has 2 aromatic heterocycles. The van der Waals surface area contributed by atoms with Crippen molar-refractivity contribution >= 4 is 0 Å². The molecule has 0 spiro atoms. The lowest BCUT2D eigenvalue weighted by Gasteiger charge is -2.03. The largest absolute Gasteiger partial charge is 0.457 e. The summed E-state index contributed by atoms with van der Waals surface area (Å²) in [6.45, 7) is 4.25. The zero-order chi connectivity index (χ0) is 14.7. The molecule has 0 atom stereocenters. The van der Waals surface area contributed by atoms with Gasteiger partial charge in [-0.3, -0.25) is 0 Å². The van der Waals surface area contributed by atoms with E-state index in [1.807, 2.05) is 44.3 Å². The topological polar surface area (TPSA) is 65.7 Å². The van der Waals surface area contributed by atoms with Crippen LogP contribution in [0.5, 0.6) is 6.01 Å². The van der Waals surface area contributed by atoms with E-state index in [4.69, 9.17) is 4.74 Å². The number of hydrogen-bond acceptors (Lipinski definition) is 5. The van der Waals surface area contributed by atoms with Gasteiger partial charge in [-0.15, -0.1) is 5.10 Å². The predicted octanol–water partition coefficient (Wildman–Crippen LogP) is 2.25. The second-order valence-electron chi connectivity index (χ2n) is 4.77. The van der Waals surface area contributed by atoms with Crippen LogP contribution in [0.15, 0.2) is 42.9 Å². The molecule has 1 aromatic carbocycles. The molecule has 3 aromatic rings. The molecule has 0 radical (unpaired) electrons. The van der Waals surface area contributed by atoms with Gasteiger partial charge in [-0.1, -0.05) is 23.4 Å². The minimum atomic E-state index is 0.287. The number of hydrogen-bond donors (Lipinski definition) is 0. The molecule has 0 unspecified atom stereocenters. The highest BCUT2D eigenvalue weighted by Gasteiger charge is 2.06. The molecule has 21 heavy (non-hydrogen) atoms. The summed E-state index contributed by atoms with van der Waals surface area (Å²) >= 11 is 0. The van der Waals surface area contributed by atoms with E-state index in [1.165, 1.54) is 0 Å². The van der Waals surface area contributed by atoms with Crippen molar-refractivity contribution in [2.75, 3.05) is 0 Å². The average molecular weight is 281 g/mol. The SMILES string of the molecule is Cc1cnc(OCc2cn(-c3ccccc3C)nn2)nc1. The van der Waals surface area contributed by atoms with Crippen LogP contribution < -0.4 is 4.74 Å². The van der Waals surface area contributed by atoms with Crippen molar-refractivity contribution in [2.45, 2.75) is 20.5 Å². The van der Waals surface area contributed by atoms with Crippen LogP contribution in [0.3, 0.4) is 0 Å². The van der Waals surface area contributed by atoms with Crippen molar-refractivity contribution in [3.05, 3.63) is 59.7 Å². The second kappa shape index (κ2) is 5.70. The Balaban J connectivity index is 1.71. The molecule has 6 heteroatoms. The average Bonchev–Trinajstić information content (AvgIpc) is 2.96. The van der Waals surface area contributed by atoms with Gasteiger partial charge in [-0.05, 0) is 31.0 Å². The Hall–Kier alpha value is -2.76. The van der Waals surface area contributed by atoms with Gasteiger partial charge in [0, 0.05) is 12.4 Å². The molecule has 0 aliphatic carbocycles. The van der Waals surface area contributed by atoms with E-state index in [1.54, 1.807) is 17.1 Å². The first-order valence-corrected chi connectivity index (χ1v) is 6.61. The summed E-state index contributed by atoms with van der Waals surface area (Å²) in [5.74, 6) is 0. The van der Waals surface area contributed by atoms with Crippen molar-refractivity contribution in [1.82, 2.24) is 25.0 Å². The molecule has 0 bridgehead atoms. The summed E-state index contributed by atoms with van der Waals surface area (Å²) in [6, 6.07) is 8.34. The number of ether oxygens (including phenoxy) is 1. The molecule has 6 nitrogen and oxygen atoms in total. The third-order valence-corrected chi connectivity index (χ3v) is 3.01. The molecule has 0 amide bonds. The van der Waals surface area contributed by atoms with Gasteiger partial charge in [0.15, 0.2) is 0 Å². The lowest BCUT2D eigenvalue weighted by Crippen LogP contribution is -1.99. The van der Waals surface area contributed by atoms with Crippen LogP contribution in [0.1, 0.15) is 16.8 Å². The number of benzene rings is 1. The molecule has 0 aliphatic heterocycles. The van der Waals surface area contributed by atoms with Crippen LogP contribution in [0.4, 0.5) is 0 Å². The van der Waals surface area contributed by atoms with Gasteiger partial charge in [0.2, 0.25) is 0 Å². The Bertz CT molecular complexity index is 736. The molecule has 3 rings (SSSR count). The minimum absolute atomic E-state index is 0.287. The maximum atomic E-state index is 5.49. The number of aromatic nitrogens is 5. The molecule has 106 valence electrons. The molecule has 0 aliphatic rings. The van der Waals surface area contributed by atoms with Crippen LogP contribution in [-0.2, 0) is 6.61 Å². The van der Waals surface area contributed by atoms with Gasteiger partial charge >= 0.3 is 6.01 Å². The third-order valence-electron chi connectivity index (χ3n) is 3.01. The normalized spacial score (nSPS) is 10.6. The third kappa shape index (κ3) is 3.05. The highest BCUT2D eigenvalue weighted by atomic mass is 16.5. The van der Waals surface area contributed by atoms with Gasteiger partial charge in [-0.25, -0.2) is 14.6 Å². The fourth-order valence-electron chi connectivity index (χ4n) is 1.90. The van der Waals surface area contributed by atoms with Crippen molar-refractivity contribution < 1.29 is 4.74 Å². The quantitative estimate of drug-likeness (QED) is 0.734. The van der Waals surface area contributed by atoms with Crippen molar-refractivity contribution in [3.8, 4) is 11.7 Å². The number of nitrogens with zero attached hydrogens (tertiary/aromatic N) is 5. The fraction of sp³-hybridized carbons (Fsp3) is 0.200.